The molecule has 136 valence electrons. The highest BCUT2D eigenvalue weighted by Gasteiger charge is 2.40. The van der Waals surface area contributed by atoms with E-state index in [1.807, 2.05) is 0 Å². The van der Waals surface area contributed by atoms with E-state index in [0.717, 1.165) is 0 Å². The van der Waals surface area contributed by atoms with Crippen molar-refractivity contribution in [2.75, 3.05) is 0 Å². The predicted octanol–water partition coefficient (Wildman–Crippen LogP) is 4.70. The van der Waals surface area contributed by atoms with Gasteiger partial charge in [-0.25, -0.2) is 0 Å². The number of pyridine rings is 2. The summed E-state index contributed by atoms with van der Waals surface area (Å²) in [7, 11) is 2.15. The highest BCUT2D eigenvalue weighted by atomic mass is 15.1. The lowest BCUT2D eigenvalue weighted by Gasteiger charge is -2.14. The molecule has 0 saturated carbocycles. The lowest BCUT2D eigenvalue weighted by molar-refractivity contribution is -0.694. The molecule has 0 radical (unpaired) electrons. The Kier molecular flexibility index (Phi) is 3.87. The van der Waals surface area contributed by atoms with Gasteiger partial charge in [0.1, 0.15) is 7.05 Å². The molecule has 1 aliphatic heterocycles. The van der Waals surface area contributed by atoms with Gasteiger partial charge in [0.15, 0.2) is 11.4 Å². The lowest BCUT2D eigenvalue weighted by atomic mass is 9.92. The SMILES string of the molecule is Cc1cccc(-c2ccccc2C2c3ccccc3-c3cccc(C)[n+]32)[n+]1C. The number of hydrogen-bond donors (Lipinski definition) is 0. The Bertz CT molecular complexity index is 1210. The standard InChI is InChI=1S/C26H24N2/c1-18-10-8-16-24(27(18)3)20-12-4-6-14-22(20)26-23-15-7-5-13-21(23)25-17-9-11-19(2)28(25)26/h4-17,26H,1-3H3/q+2. The van der Waals surface area contributed by atoms with Gasteiger partial charge in [-0.05, 0) is 24.3 Å². The number of hydrogen-bond acceptors (Lipinski definition) is 0. The summed E-state index contributed by atoms with van der Waals surface area (Å²) in [5, 5.41) is 0. The lowest BCUT2D eigenvalue weighted by Crippen LogP contribution is -2.42. The van der Waals surface area contributed by atoms with Crippen LogP contribution in [0.2, 0.25) is 0 Å². The Hall–Kier alpha value is -3.26. The van der Waals surface area contributed by atoms with Crippen molar-refractivity contribution in [1.29, 1.82) is 0 Å². The Labute approximate surface area is 166 Å². The molecule has 0 bridgehead atoms. The topological polar surface area (TPSA) is 7.76 Å². The van der Waals surface area contributed by atoms with E-state index in [-0.39, 0.29) is 6.04 Å². The van der Waals surface area contributed by atoms with Crippen LogP contribution in [0, 0.1) is 13.8 Å². The van der Waals surface area contributed by atoms with Gasteiger partial charge in [0, 0.05) is 49.2 Å². The van der Waals surface area contributed by atoms with Gasteiger partial charge in [-0.2, -0.15) is 9.13 Å². The average Bonchev–Trinajstić information content (AvgIpc) is 3.06. The van der Waals surface area contributed by atoms with Gasteiger partial charge in [-0.1, -0.05) is 36.4 Å². The first kappa shape index (κ1) is 16.9. The molecule has 0 amide bonds. The number of rotatable bonds is 2. The van der Waals surface area contributed by atoms with Crippen molar-refractivity contribution in [3.63, 3.8) is 0 Å². The van der Waals surface area contributed by atoms with Crippen LogP contribution in [0.15, 0.2) is 84.9 Å². The van der Waals surface area contributed by atoms with E-state index in [0.29, 0.717) is 0 Å². The van der Waals surface area contributed by atoms with E-state index < -0.39 is 0 Å². The summed E-state index contributed by atoms with van der Waals surface area (Å²) in [6.07, 6.45) is 0. The summed E-state index contributed by atoms with van der Waals surface area (Å²) >= 11 is 0. The molecule has 0 spiro atoms. The molecule has 0 N–H and O–H groups in total. The molecule has 2 nitrogen and oxygen atoms in total. The van der Waals surface area contributed by atoms with Gasteiger partial charge in [-0.15, -0.1) is 0 Å². The van der Waals surface area contributed by atoms with Gasteiger partial charge in [0.25, 0.3) is 0 Å². The summed E-state index contributed by atoms with van der Waals surface area (Å²) in [6.45, 7) is 4.36. The average molecular weight is 364 g/mol. The smallest absolute Gasteiger partial charge is 0.199 e. The van der Waals surface area contributed by atoms with Gasteiger partial charge >= 0.3 is 0 Å². The maximum Gasteiger partial charge on any atom is 0.214 e. The fraction of sp³-hybridized carbons (Fsp3) is 0.154. The number of aryl methyl sites for hydroxylation is 2. The van der Waals surface area contributed by atoms with E-state index >= 15 is 0 Å². The summed E-state index contributed by atoms with van der Waals surface area (Å²) in [4.78, 5) is 0. The van der Waals surface area contributed by atoms with E-state index in [9.17, 15) is 0 Å². The minimum atomic E-state index is 0.184. The molecule has 2 aromatic carbocycles. The number of aromatic nitrogens is 2. The molecule has 0 aliphatic carbocycles. The number of fused-ring (bicyclic) bond motifs is 3. The third-order valence-corrected chi connectivity index (χ3v) is 6.03. The zero-order chi connectivity index (χ0) is 19.3. The molecule has 1 atom stereocenters. The van der Waals surface area contributed by atoms with Crippen LogP contribution < -0.4 is 9.13 Å². The first-order valence-corrected chi connectivity index (χ1v) is 9.82. The molecule has 0 fully saturated rings. The second-order valence-electron chi connectivity index (χ2n) is 7.61. The second-order valence-corrected chi connectivity index (χ2v) is 7.61. The number of nitrogens with zero attached hydrogens (tertiary/aromatic N) is 2. The zero-order valence-corrected chi connectivity index (χ0v) is 16.6. The molecule has 3 heterocycles. The fourth-order valence-corrected chi connectivity index (χ4v) is 4.54. The highest BCUT2D eigenvalue weighted by Crippen LogP contribution is 2.40. The molecular weight excluding hydrogens is 340 g/mol. The first-order chi connectivity index (χ1) is 13.7. The molecule has 2 heteroatoms. The van der Waals surface area contributed by atoms with Crippen molar-refractivity contribution in [1.82, 2.24) is 0 Å². The zero-order valence-electron chi connectivity index (χ0n) is 16.6. The van der Waals surface area contributed by atoms with Crippen molar-refractivity contribution < 1.29 is 9.13 Å². The molecule has 5 rings (SSSR count). The van der Waals surface area contributed by atoms with Gasteiger partial charge in [0.05, 0.1) is 11.1 Å². The molecular formula is C26H24N2+2. The number of benzene rings is 2. The van der Waals surface area contributed by atoms with Crippen molar-refractivity contribution in [2.45, 2.75) is 19.9 Å². The molecule has 4 aromatic rings. The van der Waals surface area contributed by atoms with Crippen LogP contribution in [0.5, 0.6) is 0 Å². The largest absolute Gasteiger partial charge is 0.214 e. The van der Waals surface area contributed by atoms with Crippen molar-refractivity contribution in [3.05, 3.63) is 107 Å². The van der Waals surface area contributed by atoms with Crippen molar-refractivity contribution >= 4 is 0 Å². The Morgan fingerprint density at radius 3 is 1.79 bits per heavy atom. The molecule has 1 unspecified atom stereocenters. The van der Waals surface area contributed by atoms with Gasteiger partial charge in [-0.3, -0.25) is 0 Å². The van der Waals surface area contributed by atoms with Crippen LogP contribution >= 0.6 is 0 Å². The van der Waals surface area contributed by atoms with Crippen LogP contribution in [0.4, 0.5) is 0 Å². The summed E-state index contributed by atoms with van der Waals surface area (Å²) < 4.78 is 4.77. The van der Waals surface area contributed by atoms with Crippen molar-refractivity contribution in [2.24, 2.45) is 7.05 Å². The van der Waals surface area contributed by atoms with Crippen LogP contribution in [-0.4, -0.2) is 0 Å². The highest BCUT2D eigenvalue weighted by molar-refractivity contribution is 5.70. The minimum Gasteiger partial charge on any atom is -0.199 e. The van der Waals surface area contributed by atoms with Crippen LogP contribution in [0.1, 0.15) is 28.6 Å². The van der Waals surface area contributed by atoms with Crippen LogP contribution in [0.3, 0.4) is 0 Å². The van der Waals surface area contributed by atoms with Crippen LogP contribution in [0.25, 0.3) is 22.5 Å². The summed E-state index contributed by atoms with van der Waals surface area (Å²) in [5.74, 6) is 0. The molecule has 2 aromatic heterocycles. The third kappa shape index (κ3) is 2.41. The van der Waals surface area contributed by atoms with Crippen molar-refractivity contribution in [3.8, 4) is 22.5 Å². The van der Waals surface area contributed by atoms with E-state index in [1.165, 1.54) is 45.0 Å². The summed E-state index contributed by atoms with van der Waals surface area (Å²) in [6, 6.07) is 31.0. The monoisotopic (exact) mass is 364 g/mol. The molecule has 1 aliphatic rings. The second kappa shape index (κ2) is 6.42. The van der Waals surface area contributed by atoms with E-state index in [2.05, 4.69) is 115 Å². The molecule has 0 saturated heterocycles. The fourth-order valence-electron chi connectivity index (χ4n) is 4.54. The van der Waals surface area contributed by atoms with Gasteiger partial charge in [0.2, 0.25) is 17.4 Å². The van der Waals surface area contributed by atoms with Crippen LogP contribution in [-0.2, 0) is 7.05 Å². The minimum absolute atomic E-state index is 0.184. The quantitative estimate of drug-likeness (QED) is 0.401. The third-order valence-electron chi connectivity index (χ3n) is 6.03. The maximum atomic E-state index is 2.49. The Balaban J connectivity index is 1.82. The van der Waals surface area contributed by atoms with E-state index in [1.54, 1.807) is 0 Å². The normalized spacial score (nSPS) is 14.6. The Morgan fingerprint density at radius 1 is 0.571 bits per heavy atom. The maximum absolute atomic E-state index is 2.49. The van der Waals surface area contributed by atoms with E-state index in [4.69, 9.17) is 0 Å². The van der Waals surface area contributed by atoms with Gasteiger partial charge < -0.3 is 0 Å². The summed E-state index contributed by atoms with van der Waals surface area (Å²) in [5.41, 5.74) is 10.4. The first-order valence-electron chi connectivity index (χ1n) is 9.82. The molecule has 28 heavy (non-hydrogen) atoms. The Morgan fingerprint density at radius 2 is 1.11 bits per heavy atom. The predicted molar refractivity (Wildman–Crippen MR) is 112 cm³/mol.